The number of alkyl halides is 3. The van der Waals surface area contributed by atoms with Crippen molar-refractivity contribution in [3.8, 4) is 5.75 Å². The fourth-order valence-electron chi connectivity index (χ4n) is 1.02. The number of hydrogen-bond donors (Lipinski definition) is 1. The standard InChI is InChI=1S/C9H8F3NO3/c1-15-8(14)6-4-5(2-3-7(6)13)16-9(10,11)12/h2-4H,13H2,1H3. The van der Waals surface area contributed by atoms with Gasteiger partial charge >= 0.3 is 12.3 Å². The van der Waals surface area contributed by atoms with Crippen molar-refractivity contribution in [1.29, 1.82) is 0 Å². The number of ether oxygens (including phenoxy) is 2. The third-order valence-electron chi connectivity index (χ3n) is 1.66. The molecule has 0 unspecified atom stereocenters. The first-order valence-electron chi connectivity index (χ1n) is 4.07. The molecule has 0 amide bonds. The number of carbonyl (C=O) groups is 1. The van der Waals surface area contributed by atoms with Crippen molar-refractivity contribution in [2.45, 2.75) is 6.36 Å². The number of methoxy groups -OCH3 is 1. The average molecular weight is 235 g/mol. The van der Waals surface area contributed by atoms with Crippen LogP contribution in [0.5, 0.6) is 5.75 Å². The van der Waals surface area contributed by atoms with E-state index in [1.807, 2.05) is 0 Å². The lowest BCUT2D eigenvalue weighted by molar-refractivity contribution is -0.274. The van der Waals surface area contributed by atoms with Crippen LogP contribution in [-0.2, 0) is 4.74 Å². The van der Waals surface area contributed by atoms with E-state index < -0.39 is 18.1 Å². The van der Waals surface area contributed by atoms with Gasteiger partial charge in [-0.25, -0.2) is 4.79 Å². The van der Waals surface area contributed by atoms with E-state index in [-0.39, 0.29) is 11.3 Å². The zero-order valence-electron chi connectivity index (χ0n) is 8.17. The summed E-state index contributed by atoms with van der Waals surface area (Å²) in [4.78, 5) is 11.1. The van der Waals surface area contributed by atoms with E-state index in [4.69, 9.17) is 5.73 Å². The second-order valence-electron chi connectivity index (χ2n) is 2.79. The lowest BCUT2D eigenvalue weighted by Gasteiger charge is -2.10. The van der Waals surface area contributed by atoms with Gasteiger partial charge in [0.2, 0.25) is 0 Å². The van der Waals surface area contributed by atoms with Crippen LogP contribution < -0.4 is 10.5 Å². The minimum atomic E-state index is -4.82. The molecule has 0 aliphatic rings. The third kappa shape index (κ3) is 3.04. The van der Waals surface area contributed by atoms with Crippen molar-refractivity contribution in [1.82, 2.24) is 0 Å². The Morgan fingerprint density at radius 2 is 2.00 bits per heavy atom. The largest absolute Gasteiger partial charge is 0.573 e. The predicted octanol–water partition coefficient (Wildman–Crippen LogP) is 1.95. The van der Waals surface area contributed by atoms with Gasteiger partial charge < -0.3 is 15.2 Å². The number of hydrogen-bond acceptors (Lipinski definition) is 4. The van der Waals surface area contributed by atoms with Crippen LogP contribution in [-0.4, -0.2) is 19.4 Å². The van der Waals surface area contributed by atoms with Crippen molar-refractivity contribution >= 4 is 11.7 Å². The van der Waals surface area contributed by atoms with Gasteiger partial charge in [0, 0.05) is 5.69 Å². The highest BCUT2D eigenvalue weighted by molar-refractivity contribution is 5.95. The highest BCUT2D eigenvalue weighted by Gasteiger charge is 2.31. The third-order valence-corrected chi connectivity index (χ3v) is 1.66. The zero-order valence-corrected chi connectivity index (χ0v) is 8.17. The Labute approximate surface area is 88.8 Å². The Balaban J connectivity index is 3.03. The van der Waals surface area contributed by atoms with Crippen LogP contribution in [0.15, 0.2) is 18.2 Å². The molecule has 0 fully saturated rings. The molecule has 1 rings (SSSR count). The first-order chi connectivity index (χ1) is 7.33. The van der Waals surface area contributed by atoms with Crippen molar-refractivity contribution in [2.75, 3.05) is 12.8 Å². The number of benzene rings is 1. The number of anilines is 1. The van der Waals surface area contributed by atoms with Crippen molar-refractivity contribution in [2.24, 2.45) is 0 Å². The van der Waals surface area contributed by atoms with Crippen molar-refractivity contribution in [3.05, 3.63) is 23.8 Å². The number of esters is 1. The van der Waals surface area contributed by atoms with Gasteiger partial charge in [-0.1, -0.05) is 0 Å². The lowest BCUT2D eigenvalue weighted by atomic mass is 10.2. The molecule has 0 heterocycles. The predicted molar refractivity (Wildman–Crippen MR) is 48.9 cm³/mol. The summed E-state index contributed by atoms with van der Waals surface area (Å²) < 4.78 is 43.6. The molecule has 0 spiro atoms. The maximum atomic E-state index is 11.9. The van der Waals surface area contributed by atoms with Gasteiger partial charge in [-0.05, 0) is 18.2 Å². The molecule has 0 saturated heterocycles. The maximum Gasteiger partial charge on any atom is 0.573 e. The second-order valence-corrected chi connectivity index (χ2v) is 2.79. The molecule has 16 heavy (non-hydrogen) atoms. The fraction of sp³-hybridized carbons (Fsp3) is 0.222. The molecule has 0 bridgehead atoms. The molecule has 0 aliphatic heterocycles. The minimum Gasteiger partial charge on any atom is -0.465 e. The van der Waals surface area contributed by atoms with Gasteiger partial charge in [-0.3, -0.25) is 0 Å². The Kier molecular flexibility index (Phi) is 3.26. The van der Waals surface area contributed by atoms with Crippen LogP contribution >= 0.6 is 0 Å². The Morgan fingerprint density at radius 3 is 2.50 bits per heavy atom. The molecule has 4 nitrogen and oxygen atoms in total. The van der Waals surface area contributed by atoms with Crippen LogP contribution in [0.25, 0.3) is 0 Å². The van der Waals surface area contributed by atoms with E-state index in [0.717, 1.165) is 25.3 Å². The van der Waals surface area contributed by atoms with Gasteiger partial charge in [0.1, 0.15) is 5.75 Å². The zero-order chi connectivity index (χ0) is 12.3. The van der Waals surface area contributed by atoms with Gasteiger partial charge in [0.25, 0.3) is 0 Å². The molecule has 88 valence electrons. The molecule has 0 aliphatic carbocycles. The monoisotopic (exact) mass is 235 g/mol. The summed E-state index contributed by atoms with van der Waals surface area (Å²) in [5.41, 5.74) is 5.23. The van der Waals surface area contributed by atoms with Crippen molar-refractivity contribution < 1.29 is 27.4 Å². The van der Waals surface area contributed by atoms with Gasteiger partial charge in [-0.2, -0.15) is 0 Å². The van der Waals surface area contributed by atoms with Crippen LogP contribution in [0.4, 0.5) is 18.9 Å². The van der Waals surface area contributed by atoms with Gasteiger partial charge in [0.15, 0.2) is 0 Å². The van der Waals surface area contributed by atoms with Crippen LogP contribution in [0.3, 0.4) is 0 Å². The smallest absolute Gasteiger partial charge is 0.465 e. The van der Waals surface area contributed by atoms with Gasteiger partial charge in [0.05, 0.1) is 12.7 Å². The molecular formula is C9H8F3NO3. The van der Waals surface area contributed by atoms with E-state index in [9.17, 15) is 18.0 Å². The summed E-state index contributed by atoms with van der Waals surface area (Å²) in [6.07, 6.45) is -4.82. The van der Waals surface area contributed by atoms with E-state index in [2.05, 4.69) is 9.47 Å². The van der Waals surface area contributed by atoms with E-state index in [0.29, 0.717) is 0 Å². The fourth-order valence-corrected chi connectivity index (χ4v) is 1.02. The van der Waals surface area contributed by atoms with E-state index >= 15 is 0 Å². The first kappa shape index (κ1) is 12.2. The number of halogens is 3. The Bertz CT molecular complexity index is 403. The quantitative estimate of drug-likeness (QED) is 0.628. The highest BCUT2D eigenvalue weighted by atomic mass is 19.4. The number of carbonyl (C=O) groups excluding carboxylic acids is 1. The minimum absolute atomic E-state index is 0.0152. The van der Waals surface area contributed by atoms with Gasteiger partial charge in [-0.15, -0.1) is 13.2 Å². The Morgan fingerprint density at radius 1 is 1.38 bits per heavy atom. The topological polar surface area (TPSA) is 61.5 Å². The van der Waals surface area contributed by atoms with Crippen LogP contribution in [0.1, 0.15) is 10.4 Å². The Hall–Kier alpha value is -1.92. The molecule has 0 radical (unpaired) electrons. The summed E-state index contributed by atoms with van der Waals surface area (Å²) in [6.45, 7) is 0. The van der Waals surface area contributed by atoms with Crippen LogP contribution in [0, 0.1) is 0 Å². The maximum absolute atomic E-state index is 11.9. The van der Waals surface area contributed by atoms with E-state index in [1.165, 1.54) is 0 Å². The second kappa shape index (κ2) is 4.30. The first-order valence-corrected chi connectivity index (χ1v) is 4.07. The molecule has 1 aromatic carbocycles. The molecule has 2 N–H and O–H groups in total. The molecule has 0 aromatic heterocycles. The molecule has 0 saturated carbocycles. The summed E-state index contributed by atoms with van der Waals surface area (Å²) in [5, 5.41) is 0. The summed E-state index contributed by atoms with van der Waals surface area (Å²) >= 11 is 0. The summed E-state index contributed by atoms with van der Waals surface area (Å²) in [7, 11) is 1.10. The summed E-state index contributed by atoms with van der Waals surface area (Å²) in [5.74, 6) is -1.35. The number of nitrogen functional groups attached to an aromatic ring is 1. The molecular weight excluding hydrogens is 227 g/mol. The molecule has 1 aromatic rings. The van der Waals surface area contributed by atoms with Crippen LogP contribution in [0.2, 0.25) is 0 Å². The van der Waals surface area contributed by atoms with Crippen molar-refractivity contribution in [3.63, 3.8) is 0 Å². The number of nitrogens with two attached hydrogens (primary N) is 1. The average Bonchev–Trinajstić information content (AvgIpc) is 2.18. The highest BCUT2D eigenvalue weighted by Crippen LogP contribution is 2.26. The SMILES string of the molecule is COC(=O)c1cc(OC(F)(F)F)ccc1N. The lowest BCUT2D eigenvalue weighted by Crippen LogP contribution is -2.17. The summed E-state index contributed by atoms with van der Waals surface area (Å²) in [6, 6.07) is 3.01. The number of rotatable bonds is 2. The molecule has 7 heteroatoms. The van der Waals surface area contributed by atoms with E-state index in [1.54, 1.807) is 0 Å². The normalized spacial score (nSPS) is 11.0. The molecule has 0 atom stereocenters.